The summed E-state index contributed by atoms with van der Waals surface area (Å²) in [5.41, 5.74) is 6.30. The fourth-order valence-corrected chi connectivity index (χ4v) is 1.36. The van der Waals surface area contributed by atoms with Gasteiger partial charge >= 0.3 is 0 Å². The molecule has 1 aromatic heterocycles. The number of benzene rings is 1. The van der Waals surface area contributed by atoms with E-state index in [0.29, 0.717) is 16.7 Å². The summed E-state index contributed by atoms with van der Waals surface area (Å²) in [6, 6.07) is 7.08. The van der Waals surface area contributed by atoms with Crippen LogP contribution in [0.4, 0.5) is 5.95 Å². The van der Waals surface area contributed by atoms with Crippen LogP contribution in [0, 0.1) is 6.92 Å². The minimum Gasteiger partial charge on any atom is -0.439 e. The van der Waals surface area contributed by atoms with Gasteiger partial charge in [-0.15, -0.1) is 0 Å². The number of anilines is 1. The quantitative estimate of drug-likeness (QED) is 0.870. The molecule has 1 aromatic carbocycles. The van der Waals surface area contributed by atoms with Crippen molar-refractivity contribution in [3.63, 3.8) is 0 Å². The SMILES string of the molecule is Cc1cnc(N)nc1Oc1cccc(Cl)c1. The van der Waals surface area contributed by atoms with Crippen LogP contribution in [0.25, 0.3) is 0 Å². The maximum atomic E-state index is 5.84. The molecule has 0 atom stereocenters. The second-order valence-electron chi connectivity index (χ2n) is 3.28. The molecule has 0 saturated carbocycles. The Kier molecular flexibility index (Phi) is 2.92. The van der Waals surface area contributed by atoms with E-state index in [0.717, 1.165) is 5.56 Å². The van der Waals surface area contributed by atoms with Gasteiger partial charge in [0.1, 0.15) is 5.75 Å². The van der Waals surface area contributed by atoms with Crippen molar-refractivity contribution >= 4 is 17.5 Å². The highest BCUT2D eigenvalue weighted by atomic mass is 35.5. The number of nitrogens with two attached hydrogens (primary N) is 1. The van der Waals surface area contributed by atoms with Crippen LogP contribution in [-0.2, 0) is 0 Å². The molecule has 0 spiro atoms. The van der Waals surface area contributed by atoms with Gasteiger partial charge in [-0.2, -0.15) is 4.98 Å². The van der Waals surface area contributed by atoms with E-state index >= 15 is 0 Å². The zero-order valence-corrected chi connectivity index (χ0v) is 9.40. The summed E-state index contributed by atoms with van der Waals surface area (Å²) in [6.07, 6.45) is 1.61. The molecular formula is C11H10ClN3O. The van der Waals surface area contributed by atoms with Crippen molar-refractivity contribution in [1.82, 2.24) is 9.97 Å². The third-order valence-electron chi connectivity index (χ3n) is 1.95. The Bertz CT molecular complexity index is 516. The van der Waals surface area contributed by atoms with Crippen LogP contribution >= 0.6 is 11.6 Å². The fourth-order valence-electron chi connectivity index (χ4n) is 1.18. The maximum Gasteiger partial charge on any atom is 0.226 e. The number of nitrogen functional groups attached to an aromatic ring is 1. The van der Waals surface area contributed by atoms with E-state index in [4.69, 9.17) is 22.1 Å². The summed E-state index contributed by atoms with van der Waals surface area (Å²) < 4.78 is 5.56. The molecule has 5 heteroatoms. The molecule has 0 amide bonds. The van der Waals surface area contributed by atoms with Gasteiger partial charge in [0.15, 0.2) is 0 Å². The molecule has 2 rings (SSSR count). The minimum atomic E-state index is 0.183. The third-order valence-corrected chi connectivity index (χ3v) is 2.19. The van der Waals surface area contributed by atoms with E-state index in [-0.39, 0.29) is 5.95 Å². The lowest BCUT2D eigenvalue weighted by Crippen LogP contribution is -1.98. The number of aromatic nitrogens is 2. The minimum absolute atomic E-state index is 0.183. The highest BCUT2D eigenvalue weighted by Crippen LogP contribution is 2.24. The Hall–Kier alpha value is -1.81. The summed E-state index contributed by atoms with van der Waals surface area (Å²) >= 11 is 5.84. The zero-order chi connectivity index (χ0) is 11.5. The van der Waals surface area contributed by atoms with Gasteiger partial charge in [-0.25, -0.2) is 4.98 Å². The largest absolute Gasteiger partial charge is 0.439 e. The molecule has 16 heavy (non-hydrogen) atoms. The van der Waals surface area contributed by atoms with Crippen LogP contribution in [-0.4, -0.2) is 9.97 Å². The molecule has 0 bridgehead atoms. The van der Waals surface area contributed by atoms with E-state index in [1.54, 1.807) is 30.5 Å². The third kappa shape index (κ3) is 2.41. The lowest BCUT2D eigenvalue weighted by molar-refractivity contribution is 0.458. The van der Waals surface area contributed by atoms with Crippen LogP contribution in [0.2, 0.25) is 5.02 Å². The molecule has 4 nitrogen and oxygen atoms in total. The molecule has 2 N–H and O–H groups in total. The number of ether oxygens (including phenoxy) is 1. The first kappa shape index (κ1) is 10.7. The molecule has 2 aromatic rings. The number of hydrogen-bond donors (Lipinski definition) is 1. The first-order valence-electron chi connectivity index (χ1n) is 4.67. The molecule has 0 aliphatic rings. The van der Waals surface area contributed by atoms with Crippen molar-refractivity contribution in [1.29, 1.82) is 0 Å². The van der Waals surface area contributed by atoms with Gasteiger partial charge in [0.25, 0.3) is 0 Å². The molecule has 0 aliphatic carbocycles. The molecular weight excluding hydrogens is 226 g/mol. The van der Waals surface area contributed by atoms with E-state index < -0.39 is 0 Å². The standard InChI is InChI=1S/C11H10ClN3O/c1-7-6-14-11(13)15-10(7)16-9-4-2-3-8(12)5-9/h2-6H,1H3,(H2,13,14,15). The molecule has 0 unspecified atom stereocenters. The Labute approximate surface area is 98.0 Å². The lowest BCUT2D eigenvalue weighted by Gasteiger charge is -2.07. The Morgan fingerprint density at radius 3 is 2.94 bits per heavy atom. The first-order valence-corrected chi connectivity index (χ1v) is 5.05. The summed E-state index contributed by atoms with van der Waals surface area (Å²) in [5.74, 6) is 1.24. The highest BCUT2D eigenvalue weighted by Gasteiger charge is 2.04. The molecule has 0 radical (unpaired) electrons. The average molecular weight is 236 g/mol. The number of aryl methyl sites for hydroxylation is 1. The van der Waals surface area contributed by atoms with E-state index in [2.05, 4.69) is 9.97 Å². The smallest absolute Gasteiger partial charge is 0.226 e. The monoisotopic (exact) mass is 235 g/mol. The van der Waals surface area contributed by atoms with Crippen LogP contribution in [0.5, 0.6) is 11.6 Å². The molecule has 82 valence electrons. The van der Waals surface area contributed by atoms with Crippen molar-refractivity contribution < 1.29 is 4.74 Å². The van der Waals surface area contributed by atoms with Gasteiger partial charge in [-0.3, -0.25) is 0 Å². The Morgan fingerprint density at radius 1 is 1.38 bits per heavy atom. The second-order valence-corrected chi connectivity index (χ2v) is 3.71. The fraction of sp³-hybridized carbons (Fsp3) is 0.0909. The van der Waals surface area contributed by atoms with E-state index in [1.807, 2.05) is 6.92 Å². The van der Waals surface area contributed by atoms with Crippen molar-refractivity contribution in [3.8, 4) is 11.6 Å². The number of hydrogen-bond acceptors (Lipinski definition) is 4. The molecule has 0 aliphatic heterocycles. The van der Waals surface area contributed by atoms with Crippen LogP contribution < -0.4 is 10.5 Å². The van der Waals surface area contributed by atoms with Crippen molar-refractivity contribution in [2.75, 3.05) is 5.73 Å². The van der Waals surface area contributed by atoms with Gasteiger partial charge in [0.2, 0.25) is 11.8 Å². The number of halogens is 1. The summed E-state index contributed by atoms with van der Waals surface area (Å²) in [7, 11) is 0. The van der Waals surface area contributed by atoms with Gasteiger partial charge in [-0.1, -0.05) is 17.7 Å². The van der Waals surface area contributed by atoms with Crippen LogP contribution in [0.3, 0.4) is 0 Å². The Balaban J connectivity index is 2.30. The van der Waals surface area contributed by atoms with Gasteiger partial charge in [0.05, 0.1) is 0 Å². The average Bonchev–Trinajstić information content (AvgIpc) is 2.24. The zero-order valence-electron chi connectivity index (χ0n) is 8.64. The van der Waals surface area contributed by atoms with Crippen molar-refractivity contribution in [2.24, 2.45) is 0 Å². The van der Waals surface area contributed by atoms with Crippen molar-refractivity contribution in [3.05, 3.63) is 41.0 Å². The normalized spacial score (nSPS) is 10.1. The van der Waals surface area contributed by atoms with Gasteiger partial charge in [-0.05, 0) is 25.1 Å². The molecule has 0 saturated heterocycles. The summed E-state index contributed by atoms with van der Waals surface area (Å²) in [5, 5.41) is 0.609. The van der Waals surface area contributed by atoms with Gasteiger partial charge < -0.3 is 10.5 Å². The first-order chi connectivity index (χ1) is 7.65. The number of rotatable bonds is 2. The predicted octanol–water partition coefficient (Wildman–Crippen LogP) is 2.81. The predicted molar refractivity (Wildman–Crippen MR) is 62.7 cm³/mol. The molecule has 0 fully saturated rings. The Morgan fingerprint density at radius 2 is 2.19 bits per heavy atom. The van der Waals surface area contributed by atoms with Crippen LogP contribution in [0.15, 0.2) is 30.5 Å². The lowest BCUT2D eigenvalue weighted by atomic mass is 10.3. The van der Waals surface area contributed by atoms with E-state index in [1.165, 1.54) is 0 Å². The highest BCUT2D eigenvalue weighted by molar-refractivity contribution is 6.30. The topological polar surface area (TPSA) is 61.0 Å². The molecule has 1 heterocycles. The maximum absolute atomic E-state index is 5.84. The second kappa shape index (κ2) is 4.37. The number of nitrogens with zero attached hydrogens (tertiary/aromatic N) is 2. The van der Waals surface area contributed by atoms with Crippen molar-refractivity contribution in [2.45, 2.75) is 6.92 Å². The summed E-state index contributed by atoms with van der Waals surface area (Å²) in [4.78, 5) is 7.86. The van der Waals surface area contributed by atoms with E-state index in [9.17, 15) is 0 Å². The van der Waals surface area contributed by atoms with Crippen LogP contribution in [0.1, 0.15) is 5.56 Å². The summed E-state index contributed by atoms with van der Waals surface area (Å²) in [6.45, 7) is 1.85. The van der Waals surface area contributed by atoms with Gasteiger partial charge in [0, 0.05) is 16.8 Å².